The van der Waals surface area contributed by atoms with Crippen LogP contribution in [0.3, 0.4) is 0 Å². The van der Waals surface area contributed by atoms with Gasteiger partial charge in [-0.25, -0.2) is 0 Å². The summed E-state index contributed by atoms with van der Waals surface area (Å²) < 4.78 is 5.42. The Kier molecular flexibility index (Phi) is 4.83. The number of nitrogens with zero attached hydrogens (tertiary/aromatic N) is 1. The van der Waals surface area contributed by atoms with Crippen molar-refractivity contribution in [3.63, 3.8) is 0 Å². The summed E-state index contributed by atoms with van der Waals surface area (Å²) in [6, 6.07) is 5.20. The zero-order valence-corrected chi connectivity index (χ0v) is 12.6. The molecule has 0 amide bonds. The average molecular weight is 262 g/mol. The van der Waals surface area contributed by atoms with E-state index < -0.39 is 0 Å². The summed E-state index contributed by atoms with van der Waals surface area (Å²) in [5, 5.41) is 3.48. The van der Waals surface area contributed by atoms with Gasteiger partial charge in [-0.05, 0) is 50.4 Å². The van der Waals surface area contributed by atoms with Gasteiger partial charge in [0, 0.05) is 25.7 Å². The second-order valence-electron chi connectivity index (χ2n) is 5.64. The van der Waals surface area contributed by atoms with Crippen LogP contribution in [0.4, 0.5) is 0 Å². The highest BCUT2D eigenvalue weighted by molar-refractivity contribution is 5.43. The van der Waals surface area contributed by atoms with Crippen molar-refractivity contribution in [1.82, 2.24) is 10.2 Å². The van der Waals surface area contributed by atoms with E-state index in [1.54, 1.807) is 7.11 Å². The van der Waals surface area contributed by atoms with Gasteiger partial charge in [0.05, 0.1) is 7.11 Å². The molecule has 19 heavy (non-hydrogen) atoms. The largest absolute Gasteiger partial charge is 0.496 e. The minimum absolute atomic E-state index is 0.663. The summed E-state index contributed by atoms with van der Waals surface area (Å²) in [6.07, 6.45) is 2.36. The summed E-state index contributed by atoms with van der Waals surface area (Å²) in [7, 11) is 3.98. The second kappa shape index (κ2) is 6.40. The van der Waals surface area contributed by atoms with E-state index >= 15 is 0 Å². The number of hydrogen-bond acceptors (Lipinski definition) is 3. The number of rotatable bonds is 4. The SMILES string of the molecule is COc1c(C)cc(CCC2CNCCN2C)cc1C. The molecule has 0 saturated carbocycles. The van der Waals surface area contributed by atoms with Gasteiger partial charge in [0.15, 0.2) is 0 Å². The van der Waals surface area contributed by atoms with Crippen molar-refractivity contribution < 1.29 is 4.74 Å². The molecule has 1 aromatic rings. The predicted molar refractivity (Wildman–Crippen MR) is 80.1 cm³/mol. The zero-order valence-electron chi connectivity index (χ0n) is 12.6. The van der Waals surface area contributed by atoms with E-state index in [1.807, 2.05) is 0 Å². The Balaban J connectivity index is 1.99. The van der Waals surface area contributed by atoms with E-state index in [0.29, 0.717) is 6.04 Å². The predicted octanol–water partition coefficient (Wildman–Crippen LogP) is 2.15. The molecular formula is C16H26N2O. The molecule has 1 fully saturated rings. The lowest BCUT2D eigenvalue weighted by Gasteiger charge is -2.33. The van der Waals surface area contributed by atoms with Crippen LogP contribution in [0, 0.1) is 13.8 Å². The van der Waals surface area contributed by atoms with Crippen molar-refractivity contribution >= 4 is 0 Å². The molecule has 0 bridgehead atoms. The standard InChI is InChI=1S/C16H26N2O/c1-12-9-14(10-13(2)16(12)19-4)5-6-15-11-17-7-8-18(15)3/h9-10,15,17H,5-8,11H2,1-4H3. The normalized spacial score (nSPS) is 20.5. The highest BCUT2D eigenvalue weighted by Gasteiger charge is 2.18. The first-order chi connectivity index (χ1) is 9.11. The van der Waals surface area contributed by atoms with Crippen molar-refractivity contribution in [3.8, 4) is 5.75 Å². The van der Waals surface area contributed by atoms with Gasteiger partial charge in [-0.15, -0.1) is 0 Å². The minimum atomic E-state index is 0.663. The van der Waals surface area contributed by atoms with E-state index in [9.17, 15) is 0 Å². The van der Waals surface area contributed by atoms with Crippen LogP contribution >= 0.6 is 0 Å². The van der Waals surface area contributed by atoms with Gasteiger partial charge in [0.25, 0.3) is 0 Å². The summed E-state index contributed by atoms with van der Waals surface area (Å²) >= 11 is 0. The van der Waals surface area contributed by atoms with Crippen molar-refractivity contribution in [3.05, 3.63) is 28.8 Å². The molecule has 0 radical (unpaired) electrons. The molecule has 0 aliphatic carbocycles. The number of piperazine rings is 1. The molecule has 0 spiro atoms. The molecule has 1 aromatic carbocycles. The van der Waals surface area contributed by atoms with Crippen LogP contribution in [0.2, 0.25) is 0 Å². The monoisotopic (exact) mass is 262 g/mol. The first kappa shape index (κ1) is 14.4. The molecule has 3 heteroatoms. The van der Waals surface area contributed by atoms with Gasteiger partial charge in [0.1, 0.15) is 5.75 Å². The van der Waals surface area contributed by atoms with Crippen LogP contribution in [0.25, 0.3) is 0 Å². The fourth-order valence-electron chi connectivity index (χ4n) is 3.02. The van der Waals surface area contributed by atoms with Crippen molar-refractivity contribution in [2.45, 2.75) is 32.7 Å². The highest BCUT2D eigenvalue weighted by Crippen LogP contribution is 2.25. The van der Waals surface area contributed by atoms with Crippen LogP contribution in [-0.2, 0) is 6.42 Å². The lowest BCUT2D eigenvalue weighted by molar-refractivity contribution is 0.190. The summed E-state index contributed by atoms with van der Waals surface area (Å²) in [4.78, 5) is 2.47. The van der Waals surface area contributed by atoms with Crippen LogP contribution in [-0.4, -0.2) is 44.7 Å². The first-order valence-corrected chi connectivity index (χ1v) is 7.17. The quantitative estimate of drug-likeness (QED) is 0.900. The molecular weight excluding hydrogens is 236 g/mol. The fourth-order valence-corrected chi connectivity index (χ4v) is 3.02. The molecule has 1 atom stereocenters. The van der Waals surface area contributed by atoms with E-state index in [0.717, 1.165) is 31.8 Å². The maximum Gasteiger partial charge on any atom is 0.124 e. The van der Waals surface area contributed by atoms with Crippen LogP contribution in [0.5, 0.6) is 5.75 Å². The fraction of sp³-hybridized carbons (Fsp3) is 0.625. The number of likely N-dealkylation sites (N-methyl/N-ethyl adjacent to an activating group) is 1. The maximum atomic E-state index is 5.42. The summed E-state index contributed by atoms with van der Waals surface area (Å²) in [6.45, 7) is 7.65. The maximum absolute atomic E-state index is 5.42. The average Bonchev–Trinajstić information content (AvgIpc) is 2.37. The number of hydrogen-bond donors (Lipinski definition) is 1. The van der Waals surface area contributed by atoms with Crippen molar-refractivity contribution in [2.75, 3.05) is 33.8 Å². The van der Waals surface area contributed by atoms with E-state index in [2.05, 4.69) is 43.2 Å². The van der Waals surface area contributed by atoms with Crippen LogP contribution < -0.4 is 10.1 Å². The number of benzene rings is 1. The van der Waals surface area contributed by atoms with E-state index in [1.165, 1.54) is 23.1 Å². The van der Waals surface area contributed by atoms with Gasteiger partial charge < -0.3 is 15.0 Å². The smallest absolute Gasteiger partial charge is 0.124 e. The van der Waals surface area contributed by atoms with Gasteiger partial charge in [0.2, 0.25) is 0 Å². The van der Waals surface area contributed by atoms with Crippen molar-refractivity contribution in [2.24, 2.45) is 0 Å². The highest BCUT2D eigenvalue weighted by atomic mass is 16.5. The molecule has 0 aromatic heterocycles. The molecule has 1 unspecified atom stereocenters. The molecule has 3 nitrogen and oxygen atoms in total. The third kappa shape index (κ3) is 3.48. The Morgan fingerprint density at radius 3 is 2.58 bits per heavy atom. The molecule has 106 valence electrons. The Bertz CT molecular complexity index is 408. The molecule has 1 aliphatic heterocycles. The molecule has 1 saturated heterocycles. The molecule has 1 aliphatic rings. The van der Waals surface area contributed by atoms with Gasteiger partial charge in [-0.3, -0.25) is 0 Å². The summed E-state index contributed by atoms with van der Waals surface area (Å²) in [5.41, 5.74) is 3.91. The Labute approximate surface area is 116 Å². The van der Waals surface area contributed by atoms with Gasteiger partial charge in [-0.2, -0.15) is 0 Å². The Morgan fingerprint density at radius 1 is 1.32 bits per heavy atom. The van der Waals surface area contributed by atoms with Crippen molar-refractivity contribution in [1.29, 1.82) is 0 Å². The lowest BCUT2D eigenvalue weighted by atomic mass is 9.99. The number of nitrogens with one attached hydrogen (secondary N) is 1. The van der Waals surface area contributed by atoms with E-state index in [-0.39, 0.29) is 0 Å². The molecule has 1 N–H and O–H groups in total. The third-order valence-electron chi connectivity index (χ3n) is 4.14. The number of methoxy groups -OCH3 is 1. The third-order valence-corrected chi connectivity index (χ3v) is 4.14. The molecule has 2 rings (SSSR count). The number of aryl methyl sites for hydroxylation is 3. The summed E-state index contributed by atoms with van der Waals surface area (Å²) in [5.74, 6) is 1.03. The van der Waals surface area contributed by atoms with E-state index in [4.69, 9.17) is 4.74 Å². The van der Waals surface area contributed by atoms with Crippen LogP contribution in [0.1, 0.15) is 23.1 Å². The zero-order chi connectivity index (χ0) is 13.8. The Morgan fingerprint density at radius 2 is 2.00 bits per heavy atom. The number of ether oxygens (including phenoxy) is 1. The van der Waals surface area contributed by atoms with Crippen LogP contribution in [0.15, 0.2) is 12.1 Å². The van der Waals surface area contributed by atoms with Gasteiger partial charge in [-0.1, -0.05) is 12.1 Å². The topological polar surface area (TPSA) is 24.5 Å². The lowest BCUT2D eigenvalue weighted by Crippen LogP contribution is -2.49. The second-order valence-corrected chi connectivity index (χ2v) is 5.64. The molecule has 1 heterocycles. The van der Waals surface area contributed by atoms with Gasteiger partial charge >= 0.3 is 0 Å². The Hall–Kier alpha value is -1.06. The minimum Gasteiger partial charge on any atom is -0.496 e. The first-order valence-electron chi connectivity index (χ1n) is 7.17.